The summed E-state index contributed by atoms with van der Waals surface area (Å²) in [5.41, 5.74) is -0.0658. The van der Waals surface area contributed by atoms with Crippen LogP contribution in [-0.4, -0.2) is 28.8 Å². The van der Waals surface area contributed by atoms with E-state index in [9.17, 15) is 27.6 Å². The highest BCUT2D eigenvalue weighted by Crippen LogP contribution is 2.31. The standard InChI is InChI=1S/C21H20F3N3O3/c1-13(14-6-3-2-4-7-14)27-19(29)17(26-20(27)30)10-11-18(28)25-16-9-5-8-15(12-16)21(22,23)24/h2-9,12-13,17H,10-11H2,1H3,(H,25,28)(H,26,30)/t13-,17-/m0/s1. The summed E-state index contributed by atoms with van der Waals surface area (Å²) in [5, 5.41) is 4.95. The van der Waals surface area contributed by atoms with Gasteiger partial charge in [0.1, 0.15) is 6.04 Å². The van der Waals surface area contributed by atoms with Crippen LogP contribution in [0.15, 0.2) is 54.6 Å². The van der Waals surface area contributed by atoms with E-state index in [0.29, 0.717) is 0 Å². The van der Waals surface area contributed by atoms with E-state index in [1.807, 2.05) is 6.07 Å². The van der Waals surface area contributed by atoms with E-state index >= 15 is 0 Å². The molecular weight excluding hydrogens is 399 g/mol. The number of hydrogen-bond donors (Lipinski definition) is 2. The van der Waals surface area contributed by atoms with Crippen molar-refractivity contribution in [1.82, 2.24) is 10.2 Å². The van der Waals surface area contributed by atoms with Gasteiger partial charge in [-0.05, 0) is 37.1 Å². The summed E-state index contributed by atoms with van der Waals surface area (Å²) < 4.78 is 38.3. The molecule has 6 nitrogen and oxygen atoms in total. The molecule has 1 aliphatic rings. The van der Waals surface area contributed by atoms with Gasteiger partial charge in [-0.1, -0.05) is 36.4 Å². The summed E-state index contributed by atoms with van der Waals surface area (Å²) in [5.74, 6) is -0.992. The molecule has 0 unspecified atom stereocenters. The van der Waals surface area contributed by atoms with Crippen molar-refractivity contribution in [2.24, 2.45) is 0 Å². The number of alkyl halides is 3. The normalized spacial score (nSPS) is 17.6. The largest absolute Gasteiger partial charge is 0.416 e. The molecule has 0 spiro atoms. The lowest BCUT2D eigenvalue weighted by molar-refractivity contribution is -0.137. The molecule has 158 valence electrons. The number of hydrogen-bond acceptors (Lipinski definition) is 3. The molecule has 1 saturated heterocycles. The lowest BCUT2D eigenvalue weighted by atomic mass is 10.1. The van der Waals surface area contributed by atoms with Crippen LogP contribution >= 0.6 is 0 Å². The minimum Gasteiger partial charge on any atom is -0.326 e. The molecule has 9 heteroatoms. The molecule has 30 heavy (non-hydrogen) atoms. The third-order valence-corrected chi connectivity index (χ3v) is 4.86. The van der Waals surface area contributed by atoms with Gasteiger partial charge in [-0.15, -0.1) is 0 Å². The van der Waals surface area contributed by atoms with Gasteiger partial charge in [0.2, 0.25) is 5.91 Å². The first-order valence-corrected chi connectivity index (χ1v) is 9.32. The predicted molar refractivity (Wildman–Crippen MR) is 103 cm³/mol. The van der Waals surface area contributed by atoms with Gasteiger partial charge in [0, 0.05) is 12.1 Å². The van der Waals surface area contributed by atoms with Crippen molar-refractivity contribution >= 4 is 23.5 Å². The van der Waals surface area contributed by atoms with Crippen molar-refractivity contribution in [1.29, 1.82) is 0 Å². The summed E-state index contributed by atoms with van der Waals surface area (Å²) in [4.78, 5) is 38.1. The molecule has 3 rings (SSSR count). The van der Waals surface area contributed by atoms with E-state index in [1.54, 1.807) is 31.2 Å². The topological polar surface area (TPSA) is 78.5 Å². The Morgan fingerprint density at radius 1 is 1.13 bits per heavy atom. The molecule has 0 radical (unpaired) electrons. The van der Waals surface area contributed by atoms with Crippen LogP contribution in [0.3, 0.4) is 0 Å². The van der Waals surface area contributed by atoms with Crippen LogP contribution < -0.4 is 10.6 Å². The molecule has 2 atom stereocenters. The zero-order valence-corrected chi connectivity index (χ0v) is 16.1. The molecule has 1 heterocycles. The van der Waals surface area contributed by atoms with E-state index < -0.39 is 41.7 Å². The van der Waals surface area contributed by atoms with E-state index in [-0.39, 0.29) is 18.5 Å². The number of carbonyl (C=O) groups is 3. The molecule has 4 amide bonds. The Labute approximate surface area is 171 Å². The van der Waals surface area contributed by atoms with E-state index in [4.69, 9.17) is 0 Å². The number of amides is 4. The van der Waals surface area contributed by atoms with E-state index in [2.05, 4.69) is 10.6 Å². The molecule has 0 aromatic heterocycles. The second-order valence-corrected chi connectivity index (χ2v) is 6.96. The van der Waals surface area contributed by atoms with Crippen LogP contribution in [0.4, 0.5) is 23.7 Å². The highest BCUT2D eigenvalue weighted by Gasteiger charge is 2.41. The molecule has 1 aliphatic heterocycles. The second kappa shape index (κ2) is 8.56. The van der Waals surface area contributed by atoms with Crippen molar-refractivity contribution in [2.75, 3.05) is 5.32 Å². The average Bonchev–Trinajstić information content (AvgIpc) is 2.99. The highest BCUT2D eigenvalue weighted by molar-refractivity contribution is 6.05. The summed E-state index contributed by atoms with van der Waals surface area (Å²) in [6.45, 7) is 1.73. The summed E-state index contributed by atoms with van der Waals surface area (Å²) in [6.07, 6.45) is -4.62. The first-order valence-electron chi connectivity index (χ1n) is 9.32. The van der Waals surface area contributed by atoms with Crippen molar-refractivity contribution < 1.29 is 27.6 Å². The summed E-state index contributed by atoms with van der Waals surface area (Å²) in [7, 11) is 0. The third-order valence-electron chi connectivity index (χ3n) is 4.86. The van der Waals surface area contributed by atoms with Crippen molar-refractivity contribution in [3.05, 3.63) is 65.7 Å². The minimum absolute atomic E-state index is 0.0101. The zero-order chi connectivity index (χ0) is 21.9. The zero-order valence-electron chi connectivity index (χ0n) is 16.1. The molecule has 0 saturated carbocycles. The SMILES string of the molecule is C[C@@H](c1ccccc1)N1C(=O)N[C@@H](CCC(=O)Nc2cccc(C(F)(F)F)c2)C1=O. The smallest absolute Gasteiger partial charge is 0.326 e. The quantitative estimate of drug-likeness (QED) is 0.692. The predicted octanol–water partition coefficient (Wildman–Crippen LogP) is 4.11. The number of rotatable bonds is 6. The maximum Gasteiger partial charge on any atom is 0.416 e. The first-order chi connectivity index (χ1) is 14.2. The number of carbonyl (C=O) groups excluding carboxylic acids is 3. The molecule has 0 aliphatic carbocycles. The van der Waals surface area contributed by atoms with Gasteiger partial charge in [-0.25, -0.2) is 4.79 Å². The van der Waals surface area contributed by atoms with Crippen LogP contribution in [0.2, 0.25) is 0 Å². The molecule has 0 bridgehead atoms. The molecule has 2 aromatic rings. The van der Waals surface area contributed by atoms with Gasteiger partial charge in [0.25, 0.3) is 5.91 Å². The van der Waals surface area contributed by atoms with Crippen molar-refractivity contribution in [3.8, 4) is 0 Å². The monoisotopic (exact) mass is 419 g/mol. The number of anilines is 1. The number of benzene rings is 2. The van der Waals surface area contributed by atoms with Gasteiger partial charge in [-0.3, -0.25) is 14.5 Å². The Bertz CT molecular complexity index is 947. The summed E-state index contributed by atoms with van der Waals surface area (Å²) >= 11 is 0. The molecule has 1 fully saturated rings. The van der Waals surface area contributed by atoms with Crippen LogP contribution in [-0.2, 0) is 15.8 Å². The first kappa shape index (κ1) is 21.4. The van der Waals surface area contributed by atoms with Gasteiger partial charge in [-0.2, -0.15) is 13.2 Å². The highest BCUT2D eigenvalue weighted by atomic mass is 19.4. The van der Waals surface area contributed by atoms with Crippen molar-refractivity contribution in [3.63, 3.8) is 0 Å². The Morgan fingerprint density at radius 3 is 2.50 bits per heavy atom. The van der Waals surface area contributed by atoms with Gasteiger partial charge >= 0.3 is 12.2 Å². The van der Waals surface area contributed by atoms with Crippen LogP contribution in [0.5, 0.6) is 0 Å². The number of nitrogens with one attached hydrogen (secondary N) is 2. The number of halogens is 3. The Morgan fingerprint density at radius 2 is 1.83 bits per heavy atom. The Kier molecular flexibility index (Phi) is 6.09. The second-order valence-electron chi connectivity index (χ2n) is 6.96. The number of nitrogens with zero attached hydrogens (tertiary/aromatic N) is 1. The minimum atomic E-state index is -4.51. The molecular formula is C21H20F3N3O3. The van der Waals surface area contributed by atoms with E-state index in [0.717, 1.165) is 22.6 Å². The average molecular weight is 419 g/mol. The van der Waals surface area contributed by atoms with E-state index in [1.165, 1.54) is 12.1 Å². The maximum absolute atomic E-state index is 12.8. The third kappa shape index (κ3) is 4.79. The fourth-order valence-corrected chi connectivity index (χ4v) is 3.26. The van der Waals surface area contributed by atoms with Crippen LogP contribution in [0.25, 0.3) is 0 Å². The van der Waals surface area contributed by atoms with Crippen LogP contribution in [0, 0.1) is 0 Å². The lowest BCUT2D eigenvalue weighted by Crippen LogP contribution is -2.34. The lowest BCUT2D eigenvalue weighted by Gasteiger charge is -2.21. The maximum atomic E-state index is 12.8. The van der Waals surface area contributed by atoms with Gasteiger partial charge < -0.3 is 10.6 Å². The fourth-order valence-electron chi connectivity index (χ4n) is 3.26. The van der Waals surface area contributed by atoms with Crippen molar-refractivity contribution in [2.45, 2.75) is 38.0 Å². The molecule has 2 aromatic carbocycles. The summed E-state index contributed by atoms with van der Waals surface area (Å²) in [6, 6.07) is 11.5. The Balaban J connectivity index is 1.58. The van der Waals surface area contributed by atoms with Crippen LogP contribution in [0.1, 0.15) is 36.9 Å². The number of imide groups is 1. The van der Waals surface area contributed by atoms with Gasteiger partial charge in [0.15, 0.2) is 0 Å². The number of urea groups is 1. The van der Waals surface area contributed by atoms with Gasteiger partial charge in [0.05, 0.1) is 11.6 Å². The Hall–Kier alpha value is -3.36. The fraction of sp³-hybridized carbons (Fsp3) is 0.286. The molecule has 2 N–H and O–H groups in total.